The van der Waals surface area contributed by atoms with Crippen molar-refractivity contribution in [1.82, 2.24) is 30.7 Å². The first-order valence-corrected chi connectivity index (χ1v) is 7.48. The Kier molecular flexibility index (Phi) is 4.57. The number of amides is 1. The smallest absolute Gasteiger partial charge is 0.292 e. The molecule has 1 amide bonds. The molecule has 0 saturated carbocycles. The SMILES string of the molecule is C/C(=N/NC(=O)c1c(C)nnn1-c1nonc1N)c1ccc([N+](=O)[O-])cc1. The summed E-state index contributed by atoms with van der Waals surface area (Å²) in [7, 11) is 0. The van der Waals surface area contributed by atoms with Crippen LogP contribution in [0.1, 0.15) is 28.7 Å². The Labute approximate surface area is 151 Å². The van der Waals surface area contributed by atoms with E-state index in [0.29, 0.717) is 17.0 Å². The lowest BCUT2D eigenvalue weighted by atomic mass is 10.1. The van der Waals surface area contributed by atoms with Gasteiger partial charge in [-0.3, -0.25) is 14.9 Å². The highest BCUT2D eigenvalue weighted by atomic mass is 16.6. The number of nitrogens with one attached hydrogen (secondary N) is 1. The van der Waals surface area contributed by atoms with Crippen LogP contribution in [0.3, 0.4) is 0 Å². The maximum Gasteiger partial charge on any atom is 0.292 e. The number of nitro groups is 1. The molecule has 0 fully saturated rings. The highest BCUT2D eigenvalue weighted by molar-refractivity contribution is 6.01. The summed E-state index contributed by atoms with van der Waals surface area (Å²) in [5.74, 6) is -0.641. The van der Waals surface area contributed by atoms with Crippen LogP contribution in [0.15, 0.2) is 34.0 Å². The molecular weight excluding hydrogens is 358 g/mol. The molecule has 3 aromatic rings. The van der Waals surface area contributed by atoms with E-state index in [2.05, 4.69) is 35.8 Å². The molecule has 0 aliphatic heterocycles. The third-order valence-corrected chi connectivity index (χ3v) is 3.57. The van der Waals surface area contributed by atoms with Crippen LogP contribution in [0.2, 0.25) is 0 Å². The summed E-state index contributed by atoms with van der Waals surface area (Å²) in [6.07, 6.45) is 0. The molecule has 138 valence electrons. The molecule has 0 aliphatic rings. The first kappa shape index (κ1) is 17.7. The van der Waals surface area contributed by atoms with Gasteiger partial charge in [0.1, 0.15) is 0 Å². The van der Waals surface area contributed by atoms with Gasteiger partial charge in [0, 0.05) is 12.1 Å². The maximum atomic E-state index is 12.5. The molecule has 0 saturated heterocycles. The van der Waals surface area contributed by atoms with Gasteiger partial charge in [0.05, 0.1) is 16.3 Å². The first-order chi connectivity index (χ1) is 12.9. The van der Waals surface area contributed by atoms with E-state index in [9.17, 15) is 14.9 Å². The maximum absolute atomic E-state index is 12.5. The molecule has 1 aromatic carbocycles. The van der Waals surface area contributed by atoms with Crippen molar-refractivity contribution in [3.63, 3.8) is 0 Å². The Morgan fingerprint density at radius 3 is 2.63 bits per heavy atom. The summed E-state index contributed by atoms with van der Waals surface area (Å²) in [6.45, 7) is 3.22. The zero-order chi connectivity index (χ0) is 19.6. The molecule has 0 atom stereocenters. The van der Waals surface area contributed by atoms with E-state index < -0.39 is 10.8 Å². The third kappa shape index (κ3) is 3.46. The van der Waals surface area contributed by atoms with E-state index in [1.807, 2.05) is 0 Å². The molecule has 13 heteroatoms. The fourth-order valence-corrected chi connectivity index (χ4v) is 2.18. The van der Waals surface area contributed by atoms with E-state index in [0.717, 1.165) is 4.68 Å². The number of aryl methyl sites for hydroxylation is 1. The van der Waals surface area contributed by atoms with Crippen LogP contribution in [0.25, 0.3) is 5.82 Å². The van der Waals surface area contributed by atoms with Crippen molar-refractivity contribution >= 4 is 23.1 Å². The van der Waals surface area contributed by atoms with E-state index in [-0.39, 0.29) is 23.0 Å². The zero-order valence-corrected chi connectivity index (χ0v) is 14.2. The van der Waals surface area contributed by atoms with Crippen molar-refractivity contribution in [1.29, 1.82) is 0 Å². The number of hydrazone groups is 1. The first-order valence-electron chi connectivity index (χ1n) is 7.48. The second-order valence-corrected chi connectivity index (χ2v) is 5.35. The molecule has 0 unspecified atom stereocenters. The fourth-order valence-electron chi connectivity index (χ4n) is 2.18. The van der Waals surface area contributed by atoms with Crippen LogP contribution >= 0.6 is 0 Å². The minimum Gasteiger partial charge on any atom is -0.378 e. The number of hydrogen-bond acceptors (Lipinski definition) is 10. The molecule has 3 rings (SSSR count). The predicted molar refractivity (Wildman–Crippen MR) is 91.1 cm³/mol. The number of carbonyl (C=O) groups excluding carboxylic acids is 1. The van der Waals surface area contributed by atoms with Crippen LogP contribution in [0.5, 0.6) is 0 Å². The summed E-state index contributed by atoms with van der Waals surface area (Å²) < 4.78 is 5.60. The van der Waals surface area contributed by atoms with Crippen LogP contribution in [0, 0.1) is 17.0 Å². The van der Waals surface area contributed by atoms with Gasteiger partial charge in [0.25, 0.3) is 11.6 Å². The van der Waals surface area contributed by atoms with Gasteiger partial charge in [-0.15, -0.1) is 5.10 Å². The predicted octanol–water partition coefficient (Wildman–Crippen LogP) is 0.603. The Bertz CT molecular complexity index is 1040. The molecule has 27 heavy (non-hydrogen) atoms. The molecule has 2 heterocycles. The fraction of sp³-hybridized carbons (Fsp3) is 0.143. The molecule has 13 nitrogen and oxygen atoms in total. The van der Waals surface area contributed by atoms with Gasteiger partial charge >= 0.3 is 0 Å². The van der Waals surface area contributed by atoms with E-state index in [4.69, 9.17) is 5.73 Å². The molecule has 0 radical (unpaired) electrons. The van der Waals surface area contributed by atoms with Crippen LogP contribution in [0.4, 0.5) is 11.5 Å². The lowest BCUT2D eigenvalue weighted by molar-refractivity contribution is -0.384. The molecule has 3 N–H and O–H groups in total. The van der Waals surface area contributed by atoms with Crippen molar-refractivity contribution < 1.29 is 14.3 Å². The number of nitrogen functional groups attached to an aromatic ring is 1. The second kappa shape index (κ2) is 6.99. The number of carbonyl (C=O) groups is 1. The highest BCUT2D eigenvalue weighted by Gasteiger charge is 2.22. The normalized spacial score (nSPS) is 11.4. The topological polar surface area (TPSA) is 180 Å². The van der Waals surface area contributed by atoms with Crippen molar-refractivity contribution in [3.8, 4) is 5.82 Å². The minimum absolute atomic E-state index is 0.0248. The number of nitrogens with two attached hydrogens (primary N) is 1. The van der Waals surface area contributed by atoms with Crippen molar-refractivity contribution in [2.75, 3.05) is 5.73 Å². The van der Waals surface area contributed by atoms with Gasteiger partial charge in [0.2, 0.25) is 11.6 Å². The largest absolute Gasteiger partial charge is 0.378 e. The third-order valence-electron chi connectivity index (χ3n) is 3.57. The second-order valence-electron chi connectivity index (χ2n) is 5.35. The van der Waals surface area contributed by atoms with Crippen molar-refractivity contribution in [2.24, 2.45) is 5.10 Å². The lowest BCUT2D eigenvalue weighted by Crippen LogP contribution is -2.24. The zero-order valence-electron chi connectivity index (χ0n) is 14.2. The van der Waals surface area contributed by atoms with Crippen molar-refractivity contribution in [2.45, 2.75) is 13.8 Å². The number of anilines is 1. The van der Waals surface area contributed by atoms with Crippen LogP contribution < -0.4 is 11.2 Å². The Morgan fingerprint density at radius 2 is 2.04 bits per heavy atom. The molecule has 2 aromatic heterocycles. The summed E-state index contributed by atoms with van der Waals surface area (Å²) in [4.78, 5) is 22.7. The number of hydrogen-bond donors (Lipinski definition) is 2. The average molecular weight is 371 g/mol. The summed E-state index contributed by atoms with van der Waals surface area (Å²) >= 11 is 0. The minimum atomic E-state index is -0.610. The van der Waals surface area contributed by atoms with Gasteiger partial charge in [0.15, 0.2) is 5.69 Å². The van der Waals surface area contributed by atoms with Crippen LogP contribution in [-0.2, 0) is 0 Å². The molecule has 0 spiro atoms. The van der Waals surface area contributed by atoms with E-state index in [1.165, 1.54) is 24.3 Å². The van der Waals surface area contributed by atoms with Crippen LogP contribution in [-0.4, -0.2) is 41.8 Å². The number of rotatable bonds is 5. The molecule has 0 aliphatic carbocycles. The van der Waals surface area contributed by atoms with E-state index >= 15 is 0 Å². The summed E-state index contributed by atoms with van der Waals surface area (Å²) in [5, 5.41) is 29.3. The van der Waals surface area contributed by atoms with Gasteiger partial charge in [-0.05, 0) is 41.9 Å². The van der Waals surface area contributed by atoms with E-state index in [1.54, 1.807) is 13.8 Å². The number of non-ortho nitro benzene ring substituents is 1. The quantitative estimate of drug-likeness (QED) is 0.369. The number of nitrogens with zero attached hydrogens (tertiary/aromatic N) is 7. The van der Waals surface area contributed by atoms with Gasteiger partial charge in [-0.2, -0.15) is 9.78 Å². The average Bonchev–Trinajstić information content (AvgIpc) is 3.24. The van der Waals surface area contributed by atoms with Crippen molar-refractivity contribution in [3.05, 3.63) is 51.3 Å². The number of benzene rings is 1. The molecule has 0 bridgehead atoms. The molecular formula is C14H13N9O4. The summed E-state index contributed by atoms with van der Waals surface area (Å²) in [5.41, 5.74) is 9.37. The van der Waals surface area contributed by atoms with Gasteiger partial charge in [-0.25, -0.2) is 10.1 Å². The Balaban J connectivity index is 1.82. The summed E-state index contributed by atoms with van der Waals surface area (Å²) in [6, 6.07) is 5.75. The number of aromatic nitrogens is 5. The standard InChI is InChI=1S/C14H13N9O4/c1-7(9-3-5-10(6-4-9)23(25)26)16-18-14(24)11-8(2)17-21-22(11)13-12(15)19-27-20-13/h3-6H,1-2H3,(H2,15,19)(H,18,24)/b16-7-. The Hall–Kier alpha value is -4.16. The highest BCUT2D eigenvalue weighted by Crippen LogP contribution is 2.15. The Morgan fingerprint density at radius 1 is 1.33 bits per heavy atom. The van der Waals surface area contributed by atoms with Gasteiger partial charge in [-0.1, -0.05) is 5.21 Å². The lowest BCUT2D eigenvalue weighted by Gasteiger charge is -2.04. The van der Waals surface area contributed by atoms with Gasteiger partial charge < -0.3 is 5.73 Å². The number of nitro benzene ring substituents is 1. The monoisotopic (exact) mass is 371 g/mol.